The van der Waals surface area contributed by atoms with Crippen LogP contribution in [0, 0.1) is 10.1 Å². The van der Waals surface area contributed by atoms with Crippen LogP contribution in [0.2, 0.25) is 0 Å². The van der Waals surface area contributed by atoms with Crippen molar-refractivity contribution in [3.8, 4) is 17.2 Å². The van der Waals surface area contributed by atoms with Gasteiger partial charge >= 0.3 is 0 Å². The van der Waals surface area contributed by atoms with E-state index < -0.39 is 10.5 Å². The molecule has 0 radical (unpaired) electrons. The fourth-order valence-corrected chi connectivity index (χ4v) is 4.45. The standard InChI is InChI=1S/C25H22N8O5/c1-31(2)18-8-7-14(33(35)36)9-19(18)32-23-16(22-17(24(32)34)12-28-30-22)11-27-25(29-23)26-10-15-13-37-20-5-3-4-6-21(20)38-15/h3-9,11-12,15H,10,13H2,1-2H3,(H,28,30)(H,26,27,29)/t15-/m0/s1. The van der Waals surface area contributed by atoms with E-state index in [0.717, 1.165) is 0 Å². The summed E-state index contributed by atoms with van der Waals surface area (Å²) in [6.45, 7) is 0.685. The number of para-hydroxylation sites is 2. The Labute approximate surface area is 214 Å². The zero-order valence-electron chi connectivity index (χ0n) is 20.4. The molecule has 13 heteroatoms. The van der Waals surface area contributed by atoms with Gasteiger partial charge in [-0.05, 0) is 18.2 Å². The Balaban J connectivity index is 1.45. The predicted molar refractivity (Wildman–Crippen MR) is 141 cm³/mol. The van der Waals surface area contributed by atoms with Crippen molar-refractivity contribution in [1.29, 1.82) is 0 Å². The molecule has 4 heterocycles. The summed E-state index contributed by atoms with van der Waals surface area (Å²) in [5.41, 5.74) is 0.997. The van der Waals surface area contributed by atoms with E-state index in [-0.39, 0.29) is 23.4 Å². The first-order valence-corrected chi connectivity index (χ1v) is 11.7. The van der Waals surface area contributed by atoms with Crippen molar-refractivity contribution in [3.05, 3.63) is 75.3 Å². The molecule has 0 spiro atoms. The molecule has 0 aliphatic carbocycles. The molecule has 0 fully saturated rings. The summed E-state index contributed by atoms with van der Waals surface area (Å²) in [6.07, 6.45) is 2.77. The highest BCUT2D eigenvalue weighted by molar-refractivity contribution is 6.02. The van der Waals surface area contributed by atoms with Gasteiger partial charge in [0.05, 0.1) is 33.6 Å². The third kappa shape index (κ3) is 3.89. The summed E-state index contributed by atoms with van der Waals surface area (Å²) in [5, 5.41) is 22.5. The lowest BCUT2D eigenvalue weighted by atomic mass is 10.2. The fourth-order valence-electron chi connectivity index (χ4n) is 4.45. The lowest BCUT2D eigenvalue weighted by Crippen LogP contribution is -2.35. The maximum Gasteiger partial charge on any atom is 0.271 e. The number of ether oxygens (including phenoxy) is 2. The second-order valence-corrected chi connectivity index (χ2v) is 8.92. The largest absolute Gasteiger partial charge is 0.486 e. The monoisotopic (exact) mass is 514 g/mol. The van der Waals surface area contributed by atoms with Crippen LogP contribution in [-0.4, -0.2) is 63.0 Å². The lowest BCUT2D eigenvalue weighted by Gasteiger charge is -2.26. The van der Waals surface area contributed by atoms with Gasteiger partial charge in [0.15, 0.2) is 17.1 Å². The summed E-state index contributed by atoms with van der Waals surface area (Å²) in [6, 6.07) is 11.8. The van der Waals surface area contributed by atoms with Crippen molar-refractivity contribution in [2.75, 3.05) is 37.5 Å². The molecule has 13 nitrogen and oxygen atoms in total. The molecule has 0 saturated carbocycles. The van der Waals surface area contributed by atoms with Crippen molar-refractivity contribution in [2.24, 2.45) is 0 Å². The molecule has 1 aliphatic heterocycles. The van der Waals surface area contributed by atoms with Crippen LogP contribution in [0.3, 0.4) is 0 Å². The van der Waals surface area contributed by atoms with Gasteiger partial charge < -0.3 is 19.7 Å². The fraction of sp³-hybridized carbons (Fsp3) is 0.200. The Morgan fingerprint density at radius 3 is 2.82 bits per heavy atom. The van der Waals surface area contributed by atoms with Gasteiger partial charge in [-0.25, -0.2) is 4.98 Å². The van der Waals surface area contributed by atoms with Crippen LogP contribution in [0.15, 0.2) is 59.7 Å². The molecule has 38 heavy (non-hydrogen) atoms. The minimum atomic E-state index is -0.501. The minimum absolute atomic E-state index is 0.153. The average Bonchev–Trinajstić information content (AvgIpc) is 3.42. The molecule has 0 bridgehead atoms. The van der Waals surface area contributed by atoms with Gasteiger partial charge in [-0.1, -0.05) is 12.1 Å². The Bertz CT molecular complexity index is 1760. The molecular formula is C25H22N8O5. The van der Waals surface area contributed by atoms with Crippen molar-refractivity contribution < 1.29 is 14.4 Å². The van der Waals surface area contributed by atoms with Crippen molar-refractivity contribution in [2.45, 2.75) is 6.10 Å². The molecule has 5 aromatic rings. The highest BCUT2D eigenvalue weighted by atomic mass is 16.6. The van der Waals surface area contributed by atoms with E-state index >= 15 is 0 Å². The van der Waals surface area contributed by atoms with Gasteiger partial charge in [0.1, 0.15) is 18.2 Å². The second-order valence-electron chi connectivity index (χ2n) is 8.92. The van der Waals surface area contributed by atoms with Crippen LogP contribution in [0.1, 0.15) is 0 Å². The molecule has 1 atom stereocenters. The number of hydrogen-bond acceptors (Lipinski definition) is 10. The number of non-ortho nitro benzene ring substituents is 1. The molecule has 3 aromatic heterocycles. The number of hydrogen-bond donors (Lipinski definition) is 2. The molecule has 2 N–H and O–H groups in total. The number of anilines is 2. The van der Waals surface area contributed by atoms with Gasteiger partial charge in [0.2, 0.25) is 5.95 Å². The number of aromatic amines is 1. The Morgan fingerprint density at radius 1 is 1.21 bits per heavy atom. The van der Waals surface area contributed by atoms with Crippen LogP contribution in [-0.2, 0) is 0 Å². The molecular weight excluding hydrogens is 492 g/mol. The maximum atomic E-state index is 13.7. The number of nitrogens with zero attached hydrogens (tertiary/aromatic N) is 6. The number of H-pyrrole nitrogens is 1. The third-order valence-corrected chi connectivity index (χ3v) is 6.26. The summed E-state index contributed by atoms with van der Waals surface area (Å²) in [7, 11) is 3.58. The maximum absolute atomic E-state index is 13.7. The molecule has 6 rings (SSSR count). The van der Waals surface area contributed by atoms with Crippen LogP contribution < -0.4 is 25.2 Å². The smallest absolute Gasteiger partial charge is 0.271 e. The molecule has 192 valence electrons. The molecule has 0 saturated heterocycles. The zero-order valence-corrected chi connectivity index (χ0v) is 20.4. The van der Waals surface area contributed by atoms with E-state index in [4.69, 9.17) is 9.47 Å². The van der Waals surface area contributed by atoms with Gasteiger partial charge in [0.25, 0.3) is 11.2 Å². The summed E-state index contributed by atoms with van der Waals surface area (Å²) < 4.78 is 13.1. The van der Waals surface area contributed by atoms with Crippen LogP contribution in [0.25, 0.3) is 27.6 Å². The van der Waals surface area contributed by atoms with Crippen LogP contribution >= 0.6 is 0 Å². The molecule has 0 unspecified atom stereocenters. The quantitative estimate of drug-likeness (QED) is 0.255. The SMILES string of the molecule is CN(C)c1ccc([N+](=O)[O-])cc1-n1c(=O)c2c[nH]nc2c2cnc(NC[C@H]3COc4ccccc4O3)nc21. The van der Waals surface area contributed by atoms with E-state index in [2.05, 4.69) is 25.5 Å². The van der Waals surface area contributed by atoms with Gasteiger partial charge in [-0.2, -0.15) is 10.1 Å². The topological polar surface area (TPSA) is 153 Å². The highest BCUT2D eigenvalue weighted by Crippen LogP contribution is 2.32. The average molecular weight is 515 g/mol. The highest BCUT2D eigenvalue weighted by Gasteiger charge is 2.23. The Morgan fingerprint density at radius 2 is 2.03 bits per heavy atom. The van der Waals surface area contributed by atoms with E-state index in [9.17, 15) is 14.9 Å². The number of pyridine rings is 1. The normalized spacial score (nSPS) is 14.5. The van der Waals surface area contributed by atoms with Crippen LogP contribution in [0.4, 0.5) is 17.3 Å². The van der Waals surface area contributed by atoms with Gasteiger partial charge in [-0.15, -0.1) is 0 Å². The molecule has 0 amide bonds. The Hall–Kier alpha value is -5.20. The number of nitro benzene ring substituents is 1. The number of fused-ring (bicyclic) bond motifs is 4. The van der Waals surface area contributed by atoms with Gasteiger partial charge in [0, 0.05) is 38.6 Å². The van der Waals surface area contributed by atoms with E-state index in [1.54, 1.807) is 31.3 Å². The molecule has 1 aliphatic rings. The lowest BCUT2D eigenvalue weighted by molar-refractivity contribution is -0.384. The molecule has 2 aromatic carbocycles. The summed E-state index contributed by atoms with van der Waals surface area (Å²) >= 11 is 0. The summed E-state index contributed by atoms with van der Waals surface area (Å²) in [4.78, 5) is 35.6. The van der Waals surface area contributed by atoms with Gasteiger partial charge in [-0.3, -0.25) is 24.6 Å². The van der Waals surface area contributed by atoms with E-state index in [1.807, 2.05) is 24.3 Å². The van der Waals surface area contributed by atoms with Crippen molar-refractivity contribution in [1.82, 2.24) is 24.7 Å². The number of benzene rings is 2. The van der Waals surface area contributed by atoms with Crippen LogP contribution in [0.5, 0.6) is 11.5 Å². The number of nitrogens with one attached hydrogen (secondary N) is 2. The third-order valence-electron chi connectivity index (χ3n) is 6.26. The Kier molecular flexibility index (Phi) is 5.52. The van der Waals surface area contributed by atoms with Crippen molar-refractivity contribution in [3.63, 3.8) is 0 Å². The number of rotatable bonds is 6. The summed E-state index contributed by atoms with van der Waals surface area (Å²) in [5.74, 6) is 1.59. The van der Waals surface area contributed by atoms with E-state index in [1.165, 1.54) is 22.9 Å². The first kappa shape index (κ1) is 23.2. The van der Waals surface area contributed by atoms with Crippen molar-refractivity contribution >= 4 is 39.3 Å². The number of aromatic nitrogens is 5. The second kappa shape index (κ2) is 9.03. The first-order valence-electron chi connectivity index (χ1n) is 11.7. The minimum Gasteiger partial charge on any atom is -0.486 e. The zero-order chi connectivity index (χ0) is 26.4. The first-order chi connectivity index (χ1) is 18.4. The predicted octanol–water partition coefficient (Wildman–Crippen LogP) is 2.88. The number of nitro groups is 1. The van der Waals surface area contributed by atoms with E-state index in [0.29, 0.717) is 52.3 Å².